The molecule has 21 heavy (non-hydrogen) atoms. The van der Waals surface area contributed by atoms with Crippen LogP contribution in [-0.4, -0.2) is 43.7 Å². The summed E-state index contributed by atoms with van der Waals surface area (Å²) in [6.45, 7) is 4.56. The molecule has 1 aromatic heterocycles. The predicted octanol–water partition coefficient (Wildman–Crippen LogP) is 3.05. The summed E-state index contributed by atoms with van der Waals surface area (Å²) in [6.07, 6.45) is 0.958. The molecule has 0 spiro atoms. The largest absolute Gasteiger partial charge is 0.492 e. The molecule has 0 saturated heterocycles. The average molecular weight is 305 g/mol. The number of aromatic nitrogens is 1. The number of benzene rings is 1. The van der Waals surface area contributed by atoms with Gasteiger partial charge in [0.25, 0.3) is 0 Å². The third kappa shape index (κ3) is 5.73. The Hall–Kier alpha value is -1.59. The lowest BCUT2D eigenvalue weighted by Crippen LogP contribution is -2.19. The van der Waals surface area contributed by atoms with E-state index < -0.39 is 0 Å². The first kappa shape index (κ1) is 15.8. The van der Waals surface area contributed by atoms with Crippen LogP contribution in [0.15, 0.2) is 29.6 Å². The molecule has 1 heterocycles. The summed E-state index contributed by atoms with van der Waals surface area (Å²) in [4.78, 5) is 6.57. The summed E-state index contributed by atoms with van der Waals surface area (Å²) in [6, 6.07) is 8.12. The Bertz CT molecular complexity index is 537. The van der Waals surface area contributed by atoms with Crippen molar-refractivity contribution < 1.29 is 4.74 Å². The van der Waals surface area contributed by atoms with Crippen LogP contribution in [0.4, 0.5) is 5.69 Å². The Morgan fingerprint density at radius 1 is 1.24 bits per heavy atom. The van der Waals surface area contributed by atoms with E-state index in [-0.39, 0.29) is 0 Å². The molecule has 2 rings (SSSR count). The molecule has 0 radical (unpaired) electrons. The molecular weight excluding hydrogens is 282 g/mol. The molecular formula is C16H23N3OS. The van der Waals surface area contributed by atoms with Crippen LogP contribution in [0.25, 0.3) is 0 Å². The Morgan fingerprint density at radius 2 is 2.00 bits per heavy atom. The SMILES string of the molecule is Cc1csc(CCNc2ccc(OCCN(C)C)cc2)n1. The standard InChI is InChI=1S/C16H23N3OS/c1-13-12-21-16(18-13)8-9-17-14-4-6-15(7-5-14)20-11-10-19(2)3/h4-7,12,17H,8-11H2,1-3H3. The zero-order valence-electron chi connectivity index (χ0n) is 12.9. The van der Waals surface area contributed by atoms with Crippen molar-refractivity contribution in [3.8, 4) is 5.75 Å². The number of hydrogen-bond donors (Lipinski definition) is 1. The van der Waals surface area contributed by atoms with Gasteiger partial charge in [-0.3, -0.25) is 0 Å². The lowest BCUT2D eigenvalue weighted by atomic mass is 10.3. The number of aryl methyl sites for hydroxylation is 1. The van der Waals surface area contributed by atoms with Gasteiger partial charge in [-0.15, -0.1) is 11.3 Å². The van der Waals surface area contributed by atoms with Gasteiger partial charge in [0.15, 0.2) is 0 Å². The zero-order valence-corrected chi connectivity index (χ0v) is 13.7. The lowest BCUT2D eigenvalue weighted by Gasteiger charge is -2.11. The van der Waals surface area contributed by atoms with Gasteiger partial charge in [0.1, 0.15) is 12.4 Å². The van der Waals surface area contributed by atoms with E-state index in [1.807, 2.05) is 33.2 Å². The van der Waals surface area contributed by atoms with Crippen LogP contribution >= 0.6 is 11.3 Å². The van der Waals surface area contributed by atoms with Crippen LogP contribution < -0.4 is 10.1 Å². The van der Waals surface area contributed by atoms with Crippen LogP contribution in [0.1, 0.15) is 10.7 Å². The molecule has 0 fully saturated rings. The minimum Gasteiger partial charge on any atom is -0.492 e. The number of likely N-dealkylation sites (N-methyl/N-ethyl adjacent to an activating group) is 1. The van der Waals surface area contributed by atoms with E-state index in [4.69, 9.17) is 4.74 Å². The molecule has 1 aromatic carbocycles. The van der Waals surface area contributed by atoms with Gasteiger partial charge in [0.2, 0.25) is 0 Å². The smallest absolute Gasteiger partial charge is 0.119 e. The number of rotatable bonds is 8. The number of hydrogen-bond acceptors (Lipinski definition) is 5. The predicted molar refractivity (Wildman–Crippen MR) is 89.5 cm³/mol. The van der Waals surface area contributed by atoms with E-state index in [1.54, 1.807) is 11.3 Å². The van der Waals surface area contributed by atoms with Crippen LogP contribution in [-0.2, 0) is 6.42 Å². The van der Waals surface area contributed by atoms with E-state index in [9.17, 15) is 0 Å². The number of nitrogens with one attached hydrogen (secondary N) is 1. The van der Waals surface area contributed by atoms with Crippen molar-refractivity contribution in [2.24, 2.45) is 0 Å². The fourth-order valence-corrected chi connectivity index (χ4v) is 2.62. The first-order valence-corrected chi connectivity index (χ1v) is 8.04. The molecule has 5 heteroatoms. The topological polar surface area (TPSA) is 37.4 Å². The fraction of sp³-hybridized carbons (Fsp3) is 0.438. The Morgan fingerprint density at radius 3 is 2.62 bits per heavy atom. The van der Waals surface area contributed by atoms with Crippen LogP contribution in [0, 0.1) is 6.92 Å². The summed E-state index contributed by atoms with van der Waals surface area (Å²) in [5.74, 6) is 0.915. The second-order valence-electron chi connectivity index (χ2n) is 5.24. The van der Waals surface area contributed by atoms with Gasteiger partial charge in [0, 0.05) is 36.3 Å². The Balaban J connectivity index is 1.72. The molecule has 1 N–H and O–H groups in total. The lowest BCUT2D eigenvalue weighted by molar-refractivity contribution is 0.261. The van der Waals surface area contributed by atoms with Crippen molar-refractivity contribution in [2.75, 3.05) is 39.1 Å². The first-order chi connectivity index (χ1) is 10.1. The van der Waals surface area contributed by atoms with Gasteiger partial charge in [-0.2, -0.15) is 0 Å². The summed E-state index contributed by atoms with van der Waals surface area (Å²) in [7, 11) is 4.08. The second kappa shape index (κ2) is 8.00. The van der Waals surface area contributed by atoms with Gasteiger partial charge < -0.3 is 15.0 Å². The molecule has 114 valence electrons. The average Bonchev–Trinajstić information content (AvgIpc) is 2.86. The van der Waals surface area contributed by atoms with Crippen molar-refractivity contribution in [1.29, 1.82) is 0 Å². The minimum atomic E-state index is 0.711. The maximum absolute atomic E-state index is 5.67. The highest BCUT2D eigenvalue weighted by Crippen LogP contribution is 2.16. The van der Waals surface area contributed by atoms with Crippen molar-refractivity contribution in [2.45, 2.75) is 13.3 Å². The molecule has 0 aliphatic heterocycles. The van der Waals surface area contributed by atoms with E-state index in [0.717, 1.165) is 36.6 Å². The van der Waals surface area contributed by atoms with Crippen molar-refractivity contribution in [3.63, 3.8) is 0 Å². The van der Waals surface area contributed by atoms with Crippen molar-refractivity contribution >= 4 is 17.0 Å². The van der Waals surface area contributed by atoms with Crippen LogP contribution in [0.3, 0.4) is 0 Å². The molecule has 0 unspecified atom stereocenters. The number of anilines is 1. The third-order valence-corrected chi connectivity index (χ3v) is 4.02. The number of ether oxygens (including phenoxy) is 1. The number of nitrogens with zero attached hydrogens (tertiary/aromatic N) is 2. The maximum atomic E-state index is 5.67. The first-order valence-electron chi connectivity index (χ1n) is 7.16. The molecule has 0 aliphatic carbocycles. The zero-order chi connectivity index (χ0) is 15.1. The van der Waals surface area contributed by atoms with Gasteiger partial charge in [-0.25, -0.2) is 4.98 Å². The maximum Gasteiger partial charge on any atom is 0.119 e. The van der Waals surface area contributed by atoms with Crippen LogP contribution in [0.5, 0.6) is 5.75 Å². The fourth-order valence-electron chi connectivity index (χ4n) is 1.85. The normalized spacial score (nSPS) is 10.9. The molecule has 0 bridgehead atoms. The molecule has 0 saturated carbocycles. The van der Waals surface area contributed by atoms with E-state index in [0.29, 0.717) is 6.61 Å². The van der Waals surface area contributed by atoms with Gasteiger partial charge in [0.05, 0.1) is 5.01 Å². The summed E-state index contributed by atoms with van der Waals surface area (Å²) < 4.78 is 5.67. The highest BCUT2D eigenvalue weighted by atomic mass is 32.1. The summed E-state index contributed by atoms with van der Waals surface area (Å²) in [5, 5.41) is 6.68. The second-order valence-corrected chi connectivity index (χ2v) is 6.18. The molecule has 2 aromatic rings. The Labute approximate surface area is 130 Å². The van der Waals surface area contributed by atoms with Gasteiger partial charge >= 0.3 is 0 Å². The minimum absolute atomic E-state index is 0.711. The molecule has 4 nitrogen and oxygen atoms in total. The molecule has 0 atom stereocenters. The highest BCUT2D eigenvalue weighted by Gasteiger charge is 1.99. The quantitative estimate of drug-likeness (QED) is 0.813. The van der Waals surface area contributed by atoms with Crippen LogP contribution in [0.2, 0.25) is 0 Å². The Kier molecular flexibility index (Phi) is 6.02. The van der Waals surface area contributed by atoms with E-state index in [2.05, 4.69) is 32.7 Å². The van der Waals surface area contributed by atoms with E-state index in [1.165, 1.54) is 5.01 Å². The molecule has 0 amide bonds. The monoisotopic (exact) mass is 305 g/mol. The van der Waals surface area contributed by atoms with Crippen molar-refractivity contribution in [3.05, 3.63) is 40.3 Å². The summed E-state index contributed by atoms with van der Waals surface area (Å²) >= 11 is 1.72. The van der Waals surface area contributed by atoms with E-state index >= 15 is 0 Å². The number of thiazole rings is 1. The van der Waals surface area contributed by atoms with Gasteiger partial charge in [-0.05, 0) is 45.3 Å². The van der Waals surface area contributed by atoms with Crippen molar-refractivity contribution in [1.82, 2.24) is 9.88 Å². The highest BCUT2D eigenvalue weighted by molar-refractivity contribution is 7.09. The summed E-state index contributed by atoms with van der Waals surface area (Å²) in [5.41, 5.74) is 2.22. The molecule has 0 aliphatic rings. The third-order valence-electron chi connectivity index (χ3n) is 3.00. The van der Waals surface area contributed by atoms with Gasteiger partial charge in [-0.1, -0.05) is 0 Å².